The molecular formula is C18H15N3O2. The number of hydrogen-bond donors (Lipinski definition) is 0. The van der Waals surface area contributed by atoms with Gasteiger partial charge in [-0.15, -0.1) is 0 Å². The van der Waals surface area contributed by atoms with E-state index in [0.29, 0.717) is 12.2 Å². The molecule has 0 unspecified atom stereocenters. The summed E-state index contributed by atoms with van der Waals surface area (Å²) in [7, 11) is 0. The Morgan fingerprint density at radius 2 is 1.57 bits per heavy atom. The van der Waals surface area contributed by atoms with Gasteiger partial charge in [0.15, 0.2) is 0 Å². The molecule has 5 heteroatoms. The van der Waals surface area contributed by atoms with Crippen LogP contribution in [0.1, 0.15) is 17.3 Å². The molecule has 0 N–H and O–H groups in total. The van der Waals surface area contributed by atoms with Crippen molar-refractivity contribution in [3.63, 3.8) is 0 Å². The molecule has 5 nitrogen and oxygen atoms in total. The Bertz CT molecular complexity index is 819. The van der Waals surface area contributed by atoms with Crippen LogP contribution in [0.3, 0.4) is 0 Å². The molecule has 0 saturated carbocycles. The highest BCUT2D eigenvalue weighted by Gasteiger charge is 2.09. The van der Waals surface area contributed by atoms with Crippen LogP contribution in [0.15, 0.2) is 61.4 Å². The van der Waals surface area contributed by atoms with Crippen molar-refractivity contribution in [1.82, 2.24) is 15.0 Å². The van der Waals surface area contributed by atoms with E-state index in [0.717, 1.165) is 22.3 Å². The van der Waals surface area contributed by atoms with Crippen LogP contribution in [-0.4, -0.2) is 27.5 Å². The molecule has 3 aromatic heterocycles. The van der Waals surface area contributed by atoms with E-state index in [1.165, 1.54) is 6.20 Å². The van der Waals surface area contributed by atoms with Gasteiger partial charge >= 0.3 is 5.97 Å². The minimum atomic E-state index is -0.377. The van der Waals surface area contributed by atoms with Gasteiger partial charge in [-0.2, -0.15) is 0 Å². The summed E-state index contributed by atoms with van der Waals surface area (Å²) in [5, 5.41) is 0. The number of carbonyl (C=O) groups is 1. The highest BCUT2D eigenvalue weighted by Crippen LogP contribution is 2.24. The van der Waals surface area contributed by atoms with E-state index in [9.17, 15) is 4.79 Å². The molecule has 3 heterocycles. The average Bonchev–Trinajstić information content (AvgIpc) is 2.63. The molecule has 23 heavy (non-hydrogen) atoms. The maximum atomic E-state index is 11.8. The quantitative estimate of drug-likeness (QED) is 0.691. The predicted molar refractivity (Wildman–Crippen MR) is 86.7 cm³/mol. The normalized spacial score (nSPS) is 10.3. The summed E-state index contributed by atoms with van der Waals surface area (Å²) in [6.07, 6.45) is 10.2. The number of carbonyl (C=O) groups excluding carboxylic acids is 1. The van der Waals surface area contributed by atoms with Gasteiger partial charge in [-0.25, -0.2) is 4.79 Å². The predicted octanol–water partition coefficient (Wildman–Crippen LogP) is 3.38. The van der Waals surface area contributed by atoms with Crippen molar-refractivity contribution >= 4 is 5.97 Å². The van der Waals surface area contributed by atoms with Gasteiger partial charge in [0.1, 0.15) is 0 Å². The first-order valence-electron chi connectivity index (χ1n) is 7.26. The third-order valence-electron chi connectivity index (χ3n) is 3.32. The first-order chi connectivity index (χ1) is 11.3. The van der Waals surface area contributed by atoms with Crippen LogP contribution in [0.5, 0.6) is 0 Å². The topological polar surface area (TPSA) is 65.0 Å². The molecule has 0 aliphatic carbocycles. The van der Waals surface area contributed by atoms with Crippen molar-refractivity contribution in [2.24, 2.45) is 0 Å². The second-order valence-corrected chi connectivity index (χ2v) is 4.89. The van der Waals surface area contributed by atoms with Crippen LogP contribution in [-0.2, 0) is 4.74 Å². The first kappa shape index (κ1) is 14.8. The second kappa shape index (κ2) is 6.79. The van der Waals surface area contributed by atoms with Gasteiger partial charge < -0.3 is 4.74 Å². The molecule has 114 valence electrons. The van der Waals surface area contributed by atoms with E-state index in [1.807, 2.05) is 18.2 Å². The van der Waals surface area contributed by atoms with Crippen LogP contribution in [0.2, 0.25) is 0 Å². The maximum Gasteiger partial charge on any atom is 0.339 e. The Hall–Kier alpha value is -3.08. The average molecular weight is 305 g/mol. The number of ether oxygens (including phenoxy) is 1. The summed E-state index contributed by atoms with van der Waals surface area (Å²) in [6.45, 7) is 2.11. The van der Waals surface area contributed by atoms with Crippen molar-refractivity contribution < 1.29 is 9.53 Å². The maximum absolute atomic E-state index is 11.8. The highest BCUT2D eigenvalue weighted by molar-refractivity contribution is 5.90. The van der Waals surface area contributed by atoms with E-state index in [-0.39, 0.29) is 5.97 Å². The fourth-order valence-corrected chi connectivity index (χ4v) is 2.21. The monoisotopic (exact) mass is 305 g/mol. The van der Waals surface area contributed by atoms with Gasteiger partial charge in [0.2, 0.25) is 0 Å². The van der Waals surface area contributed by atoms with Crippen LogP contribution in [0.4, 0.5) is 0 Å². The zero-order chi connectivity index (χ0) is 16.1. The van der Waals surface area contributed by atoms with E-state index >= 15 is 0 Å². The van der Waals surface area contributed by atoms with Gasteiger partial charge in [-0.1, -0.05) is 6.07 Å². The van der Waals surface area contributed by atoms with Gasteiger partial charge in [0, 0.05) is 59.4 Å². The Morgan fingerprint density at radius 1 is 0.913 bits per heavy atom. The molecule has 3 aromatic rings. The number of rotatable bonds is 4. The Balaban J connectivity index is 1.96. The molecule has 3 rings (SSSR count). The SMILES string of the molecule is CCOC(=O)c1cncc(-c2cncc(-c3cccnc3)c2)c1. The third kappa shape index (κ3) is 3.40. The fraction of sp³-hybridized carbons (Fsp3) is 0.111. The molecule has 0 aliphatic rings. The Labute approximate surface area is 134 Å². The van der Waals surface area contributed by atoms with Crippen molar-refractivity contribution in [1.29, 1.82) is 0 Å². The number of pyridine rings is 3. The lowest BCUT2D eigenvalue weighted by Gasteiger charge is -2.06. The standard InChI is InChI=1S/C18H15N3O2/c1-2-23-18(22)17-7-16(11-21-12-17)15-6-14(9-20-10-15)13-4-3-5-19-8-13/h3-12H,2H2,1H3. The van der Waals surface area contributed by atoms with Crippen LogP contribution >= 0.6 is 0 Å². The summed E-state index contributed by atoms with van der Waals surface area (Å²) in [4.78, 5) is 24.4. The minimum Gasteiger partial charge on any atom is -0.462 e. The molecule has 0 amide bonds. The van der Waals surface area contributed by atoms with Gasteiger partial charge in [-0.05, 0) is 25.1 Å². The van der Waals surface area contributed by atoms with E-state index < -0.39 is 0 Å². The second-order valence-electron chi connectivity index (χ2n) is 4.89. The smallest absolute Gasteiger partial charge is 0.339 e. The van der Waals surface area contributed by atoms with Crippen LogP contribution in [0, 0.1) is 0 Å². The van der Waals surface area contributed by atoms with Gasteiger partial charge in [-0.3, -0.25) is 15.0 Å². The van der Waals surface area contributed by atoms with E-state index in [2.05, 4.69) is 15.0 Å². The summed E-state index contributed by atoms with van der Waals surface area (Å²) in [5.41, 5.74) is 4.06. The van der Waals surface area contributed by atoms with Crippen molar-refractivity contribution in [3.8, 4) is 22.3 Å². The van der Waals surface area contributed by atoms with Gasteiger partial charge in [0.25, 0.3) is 0 Å². The molecule has 0 atom stereocenters. The zero-order valence-electron chi connectivity index (χ0n) is 12.6. The summed E-state index contributed by atoms with van der Waals surface area (Å²) >= 11 is 0. The van der Waals surface area contributed by atoms with E-state index in [1.54, 1.807) is 44.0 Å². The molecule has 0 radical (unpaired) electrons. The summed E-state index contributed by atoms with van der Waals surface area (Å²) in [5.74, 6) is -0.377. The number of hydrogen-bond acceptors (Lipinski definition) is 5. The van der Waals surface area contributed by atoms with Gasteiger partial charge in [0.05, 0.1) is 12.2 Å². The largest absolute Gasteiger partial charge is 0.462 e. The molecule has 0 spiro atoms. The lowest BCUT2D eigenvalue weighted by molar-refractivity contribution is 0.0526. The Morgan fingerprint density at radius 3 is 2.26 bits per heavy atom. The number of esters is 1. The Kier molecular flexibility index (Phi) is 4.38. The molecule has 0 aliphatic heterocycles. The minimum absolute atomic E-state index is 0.334. The number of nitrogens with zero attached hydrogens (tertiary/aromatic N) is 3. The molecular weight excluding hydrogens is 290 g/mol. The molecule has 0 aromatic carbocycles. The van der Waals surface area contributed by atoms with Crippen LogP contribution in [0.25, 0.3) is 22.3 Å². The first-order valence-corrected chi connectivity index (χ1v) is 7.26. The molecule has 0 saturated heterocycles. The molecule has 0 bridgehead atoms. The summed E-state index contributed by atoms with van der Waals surface area (Å²) < 4.78 is 5.01. The zero-order valence-corrected chi connectivity index (χ0v) is 12.6. The third-order valence-corrected chi connectivity index (χ3v) is 3.32. The molecule has 0 fully saturated rings. The van der Waals surface area contributed by atoms with Crippen molar-refractivity contribution in [2.75, 3.05) is 6.61 Å². The lowest BCUT2D eigenvalue weighted by atomic mass is 10.0. The van der Waals surface area contributed by atoms with Crippen molar-refractivity contribution in [3.05, 3.63) is 67.0 Å². The summed E-state index contributed by atoms with van der Waals surface area (Å²) in [6, 6.07) is 7.61. The highest BCUT2D eigenvalue weighted by atomic mass is 16.5. The lowest BCUT2D eigenvalue weighted by Crippen LogP contribution is -2.05. The number of aromatic nitrogens is 3. The van der Waals surface area contributed by atoms with Crippen molar-refractivity contribution in [2.45, 2.75) is 6.92 Å². The fourth-order valence-electron chi connectivity index (χ4n) is 2.21. The van der Waals surface area contributed by atoms with Crippen LogP contribution < -0.4 is 0 Å². The van der Waals surface area contributed by atoms with E-state index in [4.69, 9.17) is 4.74 Å².